The molecule has 0 saturated carbocycles. The lowest BCUT2D eigenvalue weighted by Crippen LogP contribution is -2.26. The second kappa shape index (κ2) is 9.59. The Hall–Kier alpha value is -2.54. The number of carbonyl (C=O) groups excluding carboxylic acids is 1. The van der Waals surface area contributed by atoms with Gasteiger partial charge < -0.3 is 14.8 Å². The van der Waals surface area contributed by atoms with Gasteiger partial charge in [-0.25, -0.2) is 8.42 Å². The summed E-state index contributed by atoms with van der Waals surface area (Å²) in [6.07, 6.45) is 1.18. The van der Waals surface area contributed by atoms with Crippen molar-refractivity contribution in [1.29, 1.82) is 0 Å². The van der Waals surface area contributed by atoms with E-state index in [0.29, 0.717) is 35.8 Å². The van der Waals surface area contributed by atoms with Gasteiger partial charge >= 0.3 is 0 Å². The van der Waals surface area contributed by atoms with Crippen LogP contribution >= 0.6 is 0 Å². The normalized spacial score (nSPS) is 12.3. The van der Waals surface area contributed by atoms with E-state index in [4.69, 9.17) is 9.47 Å². The molecule has 0 heterocycles. The minimum Gasteiger partial charge on any atom is -0.490 e. The summed E-state index contributed by atoms with van der Waals surface area (Å²) >= 11 is 0. The number of ether oxygens (including phenoxy) is 2. The first-order valence-electron chi connectivity index (χ1n) is 9.20. The van der Waals surface area contributed by atoms with Gasteiger partial charge in [0, 0.05) is 11.8 Å². The molecule has 1 amide bonds. The van der Waals surface area contributed by atoms with Gasteiger partial charge in [-0.2, -0.15) is 0 Å². The molecule has 1 N–H and O–H groups in total. The monoisotopic (exact) mass is 405 g/mol. The van der Waals surface area contributed by atoms with Crippen LogP contribution in [-0.4, -0.2) is 33.8 Å². The van der Waals surface area contributed by atoms with Crippen LogP contribution in [0.4, 0.5) is 0 Å². The lowest BCUT2D eigenvalue weighted by atomic mass is 10.1. The molecule has 6 nitrogen and oxygen atoms in total. The van der Waals surface area contributed by atoms with Crippen molar-refractivity contribution in [2.24, 2.45) is 0 Å². The number of amides is 1. The van der Waals surface area contributed by atoms with Crippen LogP contribution in [-0.2, 0) is 15.6 Å². The average Bonchev–Trinajstić information content (AvgIpc) is 2.62. The molecular formula is C21H27NO5S. The van der Waals surface area contributed by atoms with E-state index in [2.05, 4.69) is 5.32 Å². The van der Waals surface area contributed by atoms with E-state index in [1.807, 2.05) is 39.0 Å². The van der Waals surface area contributed by atoms with Crippen LogP contribution < -0.4 is 14.8 Å². The third-order valence-corrected chi connectivity index (χ3v) is 4.92. The molecule has 0 spiro atoms. The fourth-order valence-electron chi connectivity index (χ4n) is 2.76. The van der Waals surface area contributed by atoms with Crippen LogP contribution in [0.25, 0.3) is 0 Å². The highest BCUT2D eigenvalue weighted by molar-refractivity contribution is 7.89. The van der Waals surface area contributed by atoms with Gasteiger partial charge in [0.05, 0.1) is 25.0 Å². The predicted octanol–water partition coefficient (Wildman–Crippen LogP) is 3.52. The number of hydrogen-bond acceptors (Lipinski definition) is 5. The summed E-state index contributed by atoms with van der Waals surface area (Å²) in [6, 6.07) is 11.9. The Kier molecular flexibility index (Phi) is 7.45. The molecule has 0 unspecified atom stereocenters. The Morgan fingerprint density at radius 1 is 1.00 bits per heavy atom. The number of carbonyl (C=O) groups is 1. The smallest absolute Gasteiger partial charge is 0.251 e. The molecule has 0 aliphatic heterocycles. The molecule has 0 bridgehead atoms. The van der Waals surface area contributed by atoms with Crippen molar-refractivity contribution >= 4 is 15.7 Å². The first kappa shape index (κ1) is 21.8. The second-order valence-electron chi connectivity index (χ2n) is 6.53. The Morgan fingerprint density at radius 2 is 1.61 bits per heavy atom. The van der Waals surface area contributed by atoms with Crippen molar-refractivity contribution in [3.05, 3.63) is 59.2 Å². The maximum absolute atomic E-state index is 12.5. The van der Waals surface area contributed by atoms with Gasteiger partial charge in [-0.05, 0) is 56.2 Å². The van der Waals surface area contributed by atoms with E-state index in [9.17, 15) is 13.2 Å². The van der Waals surface area contributed by atoms with Gasteiger partial charge in [-0.1, -0.05) is 18.2 Å². The van der Waals surface area contributed by atoms with Crippen LogP contribution in [0.2, 0.25) is 0 Å². The van der Waals surface area contributed by atoms with Crippen LogP contribution in [0.5, 0.6) is 11.5 Å². The summed E-state index contributed by atoms with van der Waals surface area (Å²) in [7, 11) is -3.10. The average molecular weight is 406 g/mol. The van der Waals surface area contributed by atoms with E-state index < -0.39 is 9.84 Å². The first-order valence-corrected chi connectivity index (χ1v) is 11.3. The van der Waals surface area contributed by atoms with Gasteiger partial charge in [0.15, 0.2) is 21.3 Å². The molecule has 0 radical (unpaired) electrons. The second-order valence-corrected chi connectivity index (χ2v) is 8.67. The van der Waals surface area contributed by atoms with Gasteiger partial charge in [0.2, 0.25) is 0 Å². The van der Waals surface area contributed by atoms with E-state index >= 15 is 0 Å². The maximum atomic E-state index is 12.5. The summed E-state index contributed by atoms with van der Waals surface area (Å²) in [5.74, 6) is 1.05. The summed E-state index contributed by atoms with van der Waals surface area (Å²) in [5, 5.41) is 2.95. The van der Waals surface area contributed by atoms with Crippen molar-refractivity contribution in [1.82, 2.24) is 5.32 Å². The zero-order chi connectivity index (χ0) is 20.7. The third kappa shape index (κ3) is 6.27. The summed E-state index contributed by atoms with van der Waals surface area (Å²) in [5.41, 5.74) is 2.02. The number of hydrogen-bond donors (Lipinski definition) is 1. The summed E-state index contributed by atoms with van der Waals surface area (Å²) in [6.45, 7) is 6.77. The number of rotatable bonds is 9. The molecule has 0 fully saturated rings. The van der Waals surface area contributed by atoms with Crippen molar-refractivity contribution in [3.63, 3.8) is 0 Å². The molecule has 0 aromatic heterocycles. The van der Waals surface area contributed by atoms with Gasteiger partial charge in [-0.15, -0.1) is 0 Å². The molecule has 2 aromatic rings. The Balaban J connectivity index is 2.10. The van der Waals surface area contributed by atoms with Crippen molar-refractivity contribution in [2.45, 2.75) is 32.6 Å². The topological polar surface area (TPSA) is 81.7 Å². The lowest BCUT2D eigenvalue weighted by molar-refractivity contribution is 0.0940. The van der Waals surface area contributed by atoms with Gasteiger partial charge in [-0.3, -0.25) is 4.79 Å². The molecule has 2 rings (SSSR count). The number of nitrogens with one attached hydrogen (secondary N) is 1. The fourth-order valence-corrected chi connectivity index (χ4v) is 3.55. The van der Waals surface area contributed by atoms with Crippen LogP contribution in [0.1, 0.15) is 48.3 Å². The molecule has 7 heteroatoms. The standard InChI is InChI=1S/C21H27NO5S/c1-5-26-19-12-11-18(13-20(19)27-6-2)15(3)22-21(23)17-9-7-16(8-10-17)14-28(4,24)25/h7-13,15H,5-6,14H2,1-4H3,(H,22,23)/t15-/m0/s1. The molecule has 152 valence electrons. The number of benzene rings is 2. The summed E-state index contributed by atoms with van der Waals surface area (Å²) in [4.78, 5) is 12.5. The van der Waals surface area contributed by atoms with E-state index in [1.165, 1.54) is 6.26 Å². The third-order valence-electron chi connectivity index (χ3n) is 4.06. The van der Waals surface area contributed by atoms with E-state index in [-0.39, 0.29) is 17.7 Å². The highest BCUT2D eigenvalue weighted by atomic mass is 32.2. The highest BCUT2D eigenvalue weighted by Crippen LogP contribution is 2.30. The van der Waals surface area contributed by atoms with Crippen molar-refractivity contribution < 1.29 is 22.7 Å². The van der Waals surface area contributed by atoms with Gasteiger partial charge in [0.25, 0.3) is 5.91 Å². The summed E-state index contributed by atoms with van der Waals surface area (Å²) < 4.78 is 33.9. The molecule has 28 heavy (non-hydrogen) atoms. The highest BCUT2D eigenvalue weighted by Gasteiger charge is 2.15. The molecule has 0 aliphatic rings. The fraction of sp³-hybridized carbons (Fsp3) is 0.381. The minimum absolute atomic E-state index is 0.0440. The zero-order valence-corrected chi connectivity index (χ0v) is 17.5. The van der Waals surface area contributed by atoms with Gasteiger partial charge in [0.1, 0.15) is 0 Å². The molecule has 0 saturated heterocycles. The first-order chi connectivity index (χ1) is 13.2. The zero-order valence-electron chi connectivity index (χ0n) is 16.7. The quantitative estimate of drug-likeness (QED) is 0.690. The number of sulfone groups is 1. The SMILES string of the molecule is CCOc1ccc([C@H](C)NC(=O)c2ccc(CS(C)(=O)=O)cc2)cc1OCC. The van der Waals surface area contributed by atoms with E-state index in [1.54, 1.807) is 24.3 Å². The minimum atomic E-state index is -3.10. The molecule has 1 atom stereocenters. The van der Waals surface area contributed by atoms with Crippen LogP contribution in [0.15, 0.2) is 42.5 Å². The maximum Gasteiger partial charge on any atom is 0.251 e. The Morgan fingerprint density at radius 3 is 2.18 bits per heavy atom. The largest absolute Gasteiger partial charge is 0.490 e. The Labute approximate surface area is 166 Å². The van der Waals surface area contributed by atoms with Crippen LogP contribution in [0, 0.1) is 0 Å². The van der Waals surface area contributed by atoms with E-state index in [0.717, 1.165) is 5.56 Å². The van der Waals surface area contributed by atoms with Crippen LogP contribution in [0.3, 0.4) is 0 Å². The molecule has 2 aromatic carbocycles. The van der Waals surface area contributed by atoms with Crippen molar-refractivity contribution in [2.75, 3.05) is 19.5 Å². The Bertz CT molecular complexity index is 907. The predicted molar refractivity (Wildman–Crippen MR) is 110 cm³/mol. The lowest BCUT2D eigenvalue weighted by Gasteiger charge is -2.17. The van der Waals surface area contributed by atoms with Crippen molar-refractivity contribution in [3.8, 4) is 11.5 Å². The molecule has 0 aliphatic carbocycles. The molecular weight excluding hydrogens is 378 g/mol.